The van der Waals surface area contributed by atoms with Crippen LogP contribution in [0.5, 0.6) is 0 Å². The van der Waals surface area contributed by atoms with E-state index < -0.39 is 10.0 Å². The first-order chi connectivity index (χ1) is 11.1. The third-order valence-electron chi connectivity index (χ3n) is 3.46. The Morgan fingerprint density at radius 3 is 2.50 bits per heavy atom. The van der Waals surface area contributed by atoms with Gasteiger partial charge in [-0.1, -0.05) is 11.6 Å². The van der Waals surface area contributed by atoms with E-state index in [2.05, 4.69) is 5.10 Å². The van der Waals surface area contributed by atoms with E-state index >= 15 is 0 Å². The van der Waals surface area contributed by atoms with Crippen molar-refractivity contribution in [1.82, 2.24) is 19.0 Å². The Morgan fingerprint density at radius 1 is 1.29 bits per heavy atom. The molecular formula is C15H19ClN4O3S. The number of sulfonamides is 1. The summed E-state index contributed by atoms with van der Waals surface area (Å²) in [5, 5.41) is 4.13. The molecule has 7 nitrogen and oxygen atoms in total. The molecule has 0 saturated carbocycles. The summed E-state index contributed by atoms with van der Waals surface area (Å²) in [6.45, 7) is 0.366. The number of hydrogen-bond acceptors (Lipinski definition) is 4. The van der Waals surface area contributed by atoms with E-state index in [0.717, 1.165) is 9.87 Å². The van der Waals surface area contributed by atoms with E-state index in [1.807, 2.05) is 6.20 Å². The van der Waals surface area contributed by atoms with Crippen molar-refractivity contribution in [2.75, 3.05) is 21.1 Å². The molecule has 1 aromatic heterocycles. The average Bonchev–Trinajstić information content (AvgIpc) is 2.91. The molecule has 0 unspecified atom stereocenters. The van der Waals surface area contributed by atoms with Crippen LogP contribution in [-0.4, -0.2) is 54.5 Å². The van der Waals surface area contributed by atoms with E-state index in [0.29, 0.717) is 6.54 Å². The molecule has 130 valence electrons. The molecule has 2 rings (SSSR count). The Balaban J connectivity index is 2.30. The normalized spacial score (nSPS) is 11.8. The lowest BCUT2D eigenvalue weighted by molar-refractivity contribution is 0.0785. The van der Waals surface area contributed by atoms with Crippen molar-refractivity contribution in [2.24, 2.45) is 7.05 Å². The van der Waals surface area contributed by atoms with Crippen LogP contribution in [0.15, 0.2) is 35.5 Å². The minimum atomic E-state index is -3.73. The van der Waals surface area contributed by atoms with Gasteiger partial charge in [0.2, 0.25) is 10.0 Å². The fourth-order valence-electron chi connectivity index (χ4n) is 2.15. The van der Waals surface area contributed by atoms with Gasteiger partial charge in [0.05, 0.1) is 11.2 Å². The van der Waals surface area contributed by atoms with Gasteiger partial charge in [0, 0.05) is 52.1 Å². The Labute approximate surface area is 146 Å². The molecule has 1 heterocycles. The van der Waals surface area contributed by atoms with Crippen molar-refractivity contribution in [3.05, 3.63) is 46.7 Å². The van der Waals surface area contributed by atoms with Crippen LogP contribution >= 0.6 is 11.6 Å². The molecular weight excluding hydrogens is 352 g/mol. The zero-order valence-corrected chi connectivity index (χ0v) is 15.5. The summed E-state index contributed by atoms with van der Waals surface area (Å²) in [6.07, 6.45) is 3.49. The Morgan fingerprint density at radius 2 is 1.96 bits per heavy atom. The Hall–Kier alpha value is -1.90. The molecule has 0 N–H and O–H groups in total. The molecule has 0 fully saturated rings. The fraction of sp³-hybridized carbons (Fsp3) is 0.333. The van der Waals surface area contributed by atoms with Crippen LogP contribution < -0.4 is 0 Å². The highest BCUT2D eigenvalue weighted by molar-refractivity contribution is 7.89. The highest BCUT2D eigenvalue weighted by Crippen LogP contribution is 2.25. The summed E-state index contributed by atoms with van der Waals surface area (Å²) in [4.78, 5) is 14.0. The molecule has 0 bridgehead atoms. The van der Waals surface area contributed by atoms with Gasteiger partial charge in [-0.2, -0.15) is 5.10 Å². The molecule has 0 aliphatic carbocycles. The van der Waals surface area contributed by atoms with Gasteiger partial charge >= 0.3 is 0 Å². The lowest BCUT2D eigenvalue weighted by Gasteiger charge is -2.18. The molecule has 0 aliphatic rings. The van der Waals surface area contributed by atoms with Crippen LogP contribution in [0.3, 0.4) is 0 Å². The maximum atomic E-state index is 12.6. The number of halogens is 1. The number of carbonyl (C=O) groups is 1. The summed E-state index contributed by atoms with van der Waals surface area (Å²) >= 11 is 6.00. The van der Waals surface area contributed by atoms with Gasteiger partial charge in [-0.05, 0) is 18.2 Å². The van der Waals surface area contributed by atoms with Crippen LogP contribution in [0, 0.1) is 0 Å². The molecule has 1 aromatic carbocycles. The zero-order chi connectivity index (χ0) is 18.1. The maximum Gasteiger partial charge on any atom is 0.253 e. The average molecular weight is 371 g/mol. The standard InChI is InChI=1S/C15H19ClN4O3S/c1-18(2)24(22,23)14-7-12(5-6-13(14)16)15(21)19(3)9-11-8-17-20(4)10-11/h5-8,10H,9H2,1-4H3. The van der Waals surface area contributed by atoms with Crippen LogP contribution in [0.25, 0.3) is 0 Å². The van der Waals surface area contributed by atoms with Gasteiger partial charge in [-0.25, -0.2) is 12.7 Å². The third kappa shape index (κ3) is 3.77. The Kier molecular flexibility index (Phi) is 5.32. The Bertz CT molecular complexity index is 861. The first kappa shape index (κ1) is 18.4. The lowest BCUT2D eigenvalue weighted by atomic mass is 10.2. The van der Waals surface area contributed by atoms with Gasteiger partial charge in [0.1, 0.15) is 4.90 Å². The zero-order valence-electron chi connectivity index (χ0n) is 13.9. The summed E-state index contributed by atoms with van der Waals surface area (Å²) in [7, 11) is 2.53. The van der Waals surface area contributed by atoms with Gasteiger partial charge in [-0.15, -0.1) is 0 Å². The van der Waals surface area contributed by atoms with Crippen LogP contribution in [0.4, 0.5) is 0 Å². The maximum absolute atomic E-state index is 12.6. The smallest absolute Gasteiger partial charge is 0.253 e. The molecule has 0 aliphatic heterocycles. The van der Waals surface area contributed by atoms with Crippen molar-refractivity contribution < 1.29 is 13.2 Å². The summed E-state index contributed by atoms with van der Waals surface area (Å²) < 4.78 is 27.3. The van der Waals surface area contributed by atoms with Crippen LogP contribution in [0.2, 0.25) is 5.02 Å². The van der Waals surface area contributed by atoms with E-state index in [1.165, 1.54) is 37.2 Å². The number of hydrogen-bond donors (Lipinski definition) is 0. The molecule has 0 spiro atoms. The number of carbonyl (C=O) groups excluding carboxylic acids is 1. The van der Waals surface area contributed by atoms with Crippen molar-refractivity contribution in [3.8, 4) is 0 Å². The highest BCUT2D eigenvalue weighted by atomic mass is 35.5. The molecule has 0 saturated heterocycles. The number of rotatable bonds is 5. The summed E-state index contributed by atoms with van der Waals surface area (Å²) in [6, 6.07) is 4.24. The predicted octanol–water partition coefficient (Wildman–Crippen LogP) is 1.60. The second-order valence-corrected chi connectivity index (χ2v) is 8.14. The van der Waals surface area contributed by atoms with Gasteiger partial charge in [-0.3, -0.25) is 9.48 Å². The molecule has 0 atom stereocenters. The fourth-order valence-corrected chi connectivity index (χ4v) is 3.54. The molecule has 24 heavy (non-hydrogen) atoms. The largest absolute Gasteiger partial charge is 0.337 e. The monoisotopic (exact) mass is 370 g/mol. The molecule has 1 amide bonds. The lowest BCUT2D eigenvalue weighted by Crippen LogP contribution is -2.27. The van der Waals surface area contributed by atoms with Crippen molar-refractivity contribution in [3.63, 3.8) is 0 Å². The SMILES string of the molecule is CN(Cc1cnn(C)c1)C(=O)c1ccc(Cl)c(S(=O)(=O)N(C)C)c1. The van der Waals surface area contributed by atoms with E-state index in [1.54, 1.807) is 25.0 Å². The number of aromatic nitrogens is 2. The summed E-state index contributed by atoms with van der Waals surface area (Å²) in [5.41, 5.74) is 1.13. The first-order valence-corrected chi connectivity index (χ1v) is 8.90. The van der Waals surface area contributed by atoms with Gasteiger partial charge in [0.15, 0.2) is 0 Å². The minimum absolute atomic E-state index is 0.0789. The highest BCUT2D eigenvalue weighted by Gasteiger charge is 2.23. The van der Waals surface area contributed by atoms with E-state index in [4.69, 9.17) is 11.6 Å². The molecule has 0 radical (unpaired) electrons. The van der Waals surface area contributed by atoms with Gasteiger partial charge in [0.25, 0.3) is 5.91 Å². The number of amides is 1. The second-order valence-electron chi connectivity index (χ2n) is 5.62. The van der Waals surface area contributed by atoms with Gasteiger partial charge < -0.3 is 4.90 Å². The third-order valence-corrected chi connectivity index (χ3v) is 5.76. The van der Waals surface area contributed by atoms with E-state index in [9.17, 15) is 13.2 Å². The predicted molar refractivity (Wildman–Crippen MR) is 91.3 cm³/mol. The van der Waals surface area contributed by atoms with Crippen molar-refractivity contribution in [2.45, 2.75) is 11.4 Å². The van der Waals surface area contributed by atoms with Crippen LogP contribution in [-0.2, 0) is 23.6 Å². The number of benzene rings is 1. The van der Waals surface area contributed by atoms with Crippen LogP contribution in [0.1, 0.15) is 15.9 Å². The number of nitrogens with zero attached hydrogens (tertiary/aromatic N) is 4. The van der Waals surface area contributed by atoms with Crippen molar-refractivity contribution >= 4 is 27.5 Å². The second kappa shape index (κ2) is 6.92. The van der Waals surface area contributed by atoms with Crippen molar-refractivity contribution in [1.29, 1.82) is 0 Å². The summed E-state index contributed by atoms with van der Waals surface area (Å²) in [5.74, 6) is -0.300. The minimum Gasteiger partial charge on any atom is -0.337 e. The quantitative estimate of drug-likeness (QED) is 0.801. The van der Waals surface area contributed by atoms with E-state index in [-0.39, 0.29) is 21.4 Å². The first-order valence-electron chi connectivity index (χ1n) is 7.08. The topological polar surface area (TPSA) is 75.5 Å². The number of aryl methyl sites for hydroxylation is 1. The molecule has 9 heteroatoms. The molecule has 2 aromatic rings.